The molecule has 0 heterocycles. The number of rotatable bonds is 5. The smallest absolute Gasteiger partial charge is 0.309 e. The first-order chi connectivity index (χ1) is 10.1. The highest BCUT2D eigenvalue weighted by molar-refractivity contribution is 6.35. The number of nitrogens with one attached hydrogen (secondary N) is 2. The lowest BCUT2D eigenvalue weighted by molar-refractivity contribution is -0.140. The maximum Gasteiger partial charge on any atom is 0.309 e. The van der Waals surface area contributed by atoms with Gasteiger partial charge in [0.25, 0.3) is 0 Å². The predicted octanol–water partition coefficient (Wildman–Crippen LogP) is 2.68. The Morgan fingerprint density at radius 1 is 0.955 bits per heavy atom. The molecule has 0 spiro atoms. The highest BCUT2D eigenvalue weighted by Gasteiger charge is 2.28. The van der Waals surface area contributed by atoms with E-state index in [-0.39, 0.29) is 5.41 Å². The molecule has 1 rings (SSSR count). The molecule has 0 saturated heterocycles. The predicted molar refractivity (Wildman–Crippen MR) is 89.4 cm³/mol. The summed E-state index contributed by atoms with van der Waals surface area (Å²) in [4.78, 5) is 23.8. The fourth-order valence-electron chi connectivity index (χ4n) is 2.78. The molecule has 22 heavy (non-hydrogen) atoms. The van der Waals surface area contributed by atoms with Crippen LogP contribution in [0.3, 0.4) is 0 Å². The van der Waals surface area contributed by atoms with Crippen LogP contribution in [-0.4, -0.2) is 23.9 Å². The maximum absolute atomic E-state index is 12.0. The number of carbonyl (C=O) groups is 2. The summed E-state index contributed by atoms with van der Waals surface area (Å²) in [5, 5.41) is 5.48. The number of hydrogen-bond donors (Lipinski definition) is 2. The van der Waals surface area contributed by atoms with E-state index in [1.165, 1.54) is 0 Å². The van der Waals surface area contributed by atoms with Gasteiger partial charge in [-0.1, -0.05) is 51.1 Å². The van der Waals surface area contributed by atoms with Crippen LogP contribution in [0.5, 0.6) is 0 Å². The van der Waals surface area contributed by atoms with Gasteiger partial charge in [0.1, 0.15) is 0 Å². The average molecular weight is 304 g/mol. The second-order valence-corrected chi connectivity index (χ2v) is 7.57. The first-order valence-electron chi connectivity index (χ1n) is 7.73. The van der Waals surface area contributed by atoms with Crippen molar-refractivity contribution in [3.8, 4) is 0 Å². The van der Waals surface area contributed by atoms with E-state index in [0.29, 0.717) is 13.0 Å². The molecule has 0 saturated carbocycles. The van der Waals surface area contributed by atoms with Gasteiger partial charge in [0.05, 0.1) is 0 Å². The number of amides is 2. The molecular weight excluding hydrogens is 276 g/mol. The van der Waals surface area contributed by atoms with Gasteiger partial charge < -0.3 is 10.6 Å². The molecule has 2 N–H and O–H groups in total. The van der Waals surface area contributed by atoms with Gasteiger partial charge in [-0.25, -0.2) is 0 Å². The minimum atomic E-state index is -0.571. The van der Waals surface area contributed by atoms with Gasteiger partial charge in [-0.05, 0) is 37.7 Å². The summed E-state index contributed by atoms with van der Waals surface area (Å²) in [6, 6.07) is 9.86. The monoisotopic (exact) mass is 304 g/mol. The first kappa shape index (κ1) is 18.2. The van der Waals surface area contributed by atoms with Crippen LogP contribution in [0.2, 0.25) is 0 Å². The Balaban J connectivity index is 2.40. The van der Waals surface area contributed by atoms with E-state index in [4.69, 9.17) is 0 Å². The fraction of sp³-hybridized carbons (Fsp3) is 0.556. The van der Waals surface area contributed by atoms with Crippen molar-refractivity contribution < 1.29 is 9.59 Å². The van der Waals surface area contributed by atoms with Gasteiger partial charge in [-0.2, -0.15) is 0 Å². The van der Waals surface area contributed by atoms with Crippen LogP contribution in [0.1, 0.15) is 46.6 Å². The first-order valence-corrected chi connectivity index (χ1v) is 7.73. The Morgan fingerprint density at radius 2 is 1.55 bits per heavy atom. The Hall–Kier alpha value is -1.84. The lowest BCUT2D eigenvalue weighted by Gasteiger charge is -2.33. The summed E-state index contributed by atoms with van der Waals surface area (Å²) < 4.78 is 0. The Bertz CT molecular complexity index is 502. The van der Waals surface area contributed by atoms with Crippen LogP contribution in [0.15, 0.2) is 30.3 Å². The van der Waals surface area contributed by atoms with Crippen molar-refractivity contribution >= 4 is 11.8 Å². The number of benzene rings is 1. The molecule has 0 fully saturated rings. The van der Waals surface area contributed by atoms with Crippen LogP contribution in [0, 0.1) is 5.41 Å². The van der Waals surface area contributed by atoms with E-state index in [2.05, 4.69) is 31.4 Å². The summed E-state index contributed by atoms with van der Waals surface area (Å²) in [6.45, 7) is 10.7. The summed E-state index contributed by atoms with van der Waals surface area (Å²) in [6.07, 6.45) is 1.51. The molecule has 2 amide bonds. The van der Waals surface area contributed by atoms with Crippen molar-refractivity contribution in [2.75, 3.05) is 6.54 Å². The van der Waals surface area contributed by atoms with Gasteiger partial charge in [0.2, 0.25) is 0 Å². The molecule has 4 heteroatoms. The molecule has 0 aromatic heterocycles. The molecule has 0 aliphatic rings. The highest BCUT2D eigenvalue weighted by atomic mass is 16.2. The largest absolute Gasteiger partial charge is 0.348 e. The molecular formula is C18H28N2O2. The van der Waals surface area contributed by atoms with Crippen molar-refractivity contribution in [2.45, 2.75) is 53.0 Å². The van der Waals surface area contributed by atoms with Crippen molar-refractivity contribution in [2.24, 2.45) is 5.41 Å². The van der Waals surface area contributed by atoms with E-state index in [1.807, 2.05) is 44.2 Å². The summed E-state index contributed by atoms with van der Waals surface area (Å²) in [7, 11) is 0. The molecule has 0 radical (unpaired) electrons. The molecule has 0 unspecified atom stereocenters. The van der Waals surface area contributed by atoms with Crippen LogP contribution in [0.4, 0.5) is 0 Å². The topological polar surface area (TPSA) is 58.2 Å². The van der Waals surface area contributed by atoms with Gasteiger partial charge in [0.15, 0.2) is 0 Å². The number of carbonyl (C=O) groups excluding carboxylic acids is 2. The Labute approximate surface area is 133 Å². The van der Waals surface area contributed by atoms with Crippen molar-refractivity contribution in [3.63, 3.8) is 0 Å². The van der Waals surface area contributed by atoms with Crippen LogP contribution in [-0.2, 0) is 16.0 Å². The van der Waals surface area contributed by atoms with Gasteiger partial charge >= 0.3 is 11.8 Å². The van der Waals surface area contributed by atoms with Gasteiger partial charge in [-0.15, -0.1) is 0 Å². The average Bonchev–Trinajstić information content (AvgIpc) is 2.36. The zero-order chi connectivity index (χ0) is 16.8. The second-order valence-electron chi connectivity index (χ2n) is 7.57. The standard InChI is InChI=1S/C18H28N2O2/c1-17(2,3)13-18(4,5)20-16(22)15(21)19-12-11-14-9-7-6-8-10-14/h6-10H,11-13H2,1-5H3,(H,19,21)(H,20,22). The molecule has 4 nitrogen and oxygen atoms in total. The lowest BCUT2D eigenvalue weighted by atomic mass is 9.82. The third kappa shape index (κ3) is 7.25. The molecule has 0 aliphatic carbocycles. The van der Waals surface area contributed by atoms with E-state index in [9.17, 15) is 9.59 Å². The highest BCUT2D eigenvalue weighted by Crippen LogP contribution is 2.26. The second kappa shape index (κ2) is 7.43. The quantitative estimate of drug-likeness (QED) is 0.822. The van der Waals surface area contributed by atoms with Crippen LogP contribution in [0.25, 0.3) is 0 Å². The summed E-state index contributed by atoms with van der Waals surface area (Å²) in [5.41, 5.74) is 0.809. The van der Waals surface area contributed by atoms with Gasteiger partial charge in [-0.3, -0.25) is 9.59 Å². The Kier molecular flexibility index (Phi) is 6.15. The van der Waals surface area contributed by atoms with E-state index < -0.39 is 17.4 Å². The van der Waals surface area contributed by atoms with E-state index in [0.717, 1.165) is 12.0 Å². The molecule has 0 atom stereocenters. The molecule has 122 valence electrons. The minimum absolute atomic E-state index is 0.0839. The van der Waals surface area contributed by atoms with Crippen molar-refractivity contribution in [3.05, 3.63) is 35.9 Å². The van der Waals surface area contributed by atoms with Crippen LogP contribution < -0.4 is 10.6 Å². The molecule has 0 aliphatic heterocycles. The normalized spacial score (nSPS) is 11.9. The summed E-state index contributed by atoms with van der Waals surface area (Å²) >= 11 is 0. The van der Waals surface area contributed by atoms with Crippen molar-refractivity contribution in [1.29, 1.82) is 0 Å². The van der Waals surface area contributed by atoms with Crippen molar-refractivity contribution in [1.82, 2.24) is 10.6 Å². The zero-order valence-corrected chi connectivity index (χ0v) is 14.3. The lowest BCUT2D eigenvalue weighted by Crippen LogP contribution is -2.51. The minimum Gasteiger partial charge on any atom is -0.348 e. The Morgan fingerprint density at radius 3 is 2.09 bits per heavy atom. The molecule has 1 aromatic rings. The zero-order valence-electron chi connectivity index (χ0n) is 14.3. The molecule has 0 bridgehead atoms. The van der Waals surface area contributed by atoms with E-state index in [1.54, 1.807) is 0 Å². The number of hydrogen-bond acceptors (Lipinski definition) is 2. The summed E-state index contributed by atoms with van der Waals surface area (Å²) in [5.74, 6) is -1.14. The van der Waals surface area contributed by atoms with E-state index >= 15 is 0 Å². The third-order valence-corrected chi connectivity index (χ3v) is 3.17. The SMILES string of the molecule is CC(C)(C)CC(C)(C)NC(=O)C(=O)NCCc1ccccc1. The fourth-order valence-corrected chi connectivity index (χ4v) is 2.78. The third-order valence-electron chi connectivity index (χ3n) is 3.17. The maximum atomic E-state index is 12.0. The molecule has 1 aromatic carbocycles. The van der Waals surface area contributed by atoms with Gasteiger partial charge in [0, 0.05) is 12.1 Å². The van der Waals surface area contributed by atoms with Crippen LogP contribution >= 0.6 is 0 Å².